The first-order valence-electron chi connectivity index (χ1n) is 10.9. The fourth-order valence-electron chi connectivity index (χ4n) is 4.51. The lowest BCUT2D eigenvalue weighted by atomic mass is 9.95. The van der Waals surface area contributed by atoms with Crippen molar-refractivity contribution in [1.29, 1.82) is 5.26 Å². The fourth-order valence-corrected chi connectivity index (χ4v) is 4.51. The number of piperidine rings is 1. The molecule has 1 fully saturated rings. The minimum atomic E-state index is -0.00239. The number of nitrogens with zero attached hydrogens (tertiary/aromatic N) is 5. The van der Waals surface area contributed by atoms with Gasteiger partial charge in [0.1, 0.15) is 11.9 Å². The molecule has 0 aliphatic carbocycles. The van der Waals surface area contributed by atoms with E-state index in [1.165, 1.54) is 0 Å². The quantitative estimate of drug-likeness (QED) is 0.541. The Hall–Kier alpha value is -3.92. The Morgan fingerprint density at radius 3 is 2.78 bits per heavy atom. The number of imidazole rings is 1. The zero-order valence-corrected chi connectivity index (χ0v) is 18.0. The van der Waals surface area contributed by atoms with Gasteiger partial charge < -0.3 is 10.2 Å². The highest BCUT2D eigenvalue weighted by Gasteiger charge is 2.27. The average Bonchev–Trinajstić information content (AvgIpc) is 3.22. The molecule has 4 heterocycles. The van der Waals surface area contributed by atoms with Crippen molar-refractivity contribution in [2.45, 2.75) is 26.3 Å². The van der Waals surface area contributed by atoms with Crippen molar-refractivity contribution < 1.29 is 4.79 Å². The van der Waals surface area contributed by atoms with Gasteiger partial charge in [0.15, 0.2) is 5.65 Å². The summed E-state index contributed by atoms with van der Waals surface area (Å²) >= 11 is 0. The van der Waals surface area contributed by atoms with Crippen LogP contribution in [-0.2, 0) is 11.3 Å². The van der Waals surface area contributed by atoms with E-state index in [0.717, 1.165) is 53.9 Å². The van der Waals surface area contributed by atoms with E-state index < -0.39 is 0 Å². The Morgan fingerprint density at radius 2 is 2.03 bits per heavy atom. The summed E-state index contributed by atoms with van der Waals surface area (Å²) in [4.78, 5) is 23.8. The molecule has 4 aromatic rings. The number of anilines is 1. The summed E-state index contributed by atoms with van der Waals surface area (Å²) in [5.41, 5.74) is 5.09. The smallest absolute Gasteiger partial charge is 0.223 e. The van der Waals surface area contributed by atoms with E-state index in [1.807, 2.05) is 43.3 Å². The number of hydrogen-bond acceptors (Lipinski definition) is 5. The monoisotopic (exact) mass is 424 g/mol. The molecule has 1 amide bonds. The number of benzene rings is 1. The van der Waals surface area contributed by atoms with Gasteiger partial charge in [-0.25, -0.2) is 4.98 Å². The number of fused-ring (bicyclic) bond motifs is 3. The molecule has 32 heavy (non-hydrogen) atoms. The van der Waals surface area contributed by atoms with Crippen molar-refractivity contribution in [3.05, 3.63) is 71.5 Å². The summed E-state index contributed by atoms with van der Waals surface area (Å²) in [7, 11) is 0. The molecule has 1 saturated heterocycles. The maximum Gasteiger partial charge on any atom is 0.223 e. The summed E-state index contributed by atoms with van der Waals surface area (Å²) in [6.07, 6.45) is 5.07. The molecule has 0 saturated carbocycles. The van der Waals surface area contributed by atoms with E-state index in [-0.39, 0.29) is 11.8 Å². The van der Waals surface area contributed by atoms with Crippen molar-refractivity contribution in [2.24, 2.45) is 5.92 Å². The molecule has 1 N–H and O–H groups in total. The molecule has 1 aromatic carbocycles. The number of carbonyl (C=O) groups excluding carboxylic acids is 1. The van der Waals surface area contributed by atoms with E-state index in [1.54, 1.807) is 12.4 Å². The number of carbonyl (C=O) groups is 1. The Morgan fingerprint density at radius 1 is 1.22 bits per heavy atom. The van der Waals surface area contributed by atoms with Crippen LogP contribution in [0.1, 0.15) is 29.5 Å². The fraction of sp³-hybridized carbons (Fsp3) is 0.280. The van der Waals surface area contributed by atoms with Crippen molar-refractivity contribution >= 4 is 28.4 Å². The lowest BCUT2D eigenvalue weighted by Gasteiger charge is -2.33. The molecule has 7 heteroatoms. The zero-order chi connectivity index (χ0) is 22.1. The topological polar surface area (TPSA) is 86.3 Å². The van der Waals surface area contributed by atoms with Gasteiger partial charge in [0, 0.05) is 37.9 Å². The predicted molar refractivity (Wildman–Crippen MR) is 123 cm³/mol. The molecule has 3 aromatic heterocycles. The second-order valence-corrected chi connectivity index (χ2v) is 8.27. The summed E-state index contributed by atoms with van der Waals surface area (Å²) in [5, 5.41) is 12.8. The highest BCUT2D eigenvalue weighted by Crippen LogP contribution is 2.31. The van der Waals surface area contributed by atoms with Gasteiger partial charge in [-0.15, -0.1) is 0 Å². The minimum absolute atomic E-state index is 0.00239. The summed E-state index contributed by atoms with van der Waals surface area (Å²) < 4.78 is 2.09. The van der Waals surface area contributed by atoms with Crippen LogP contribution in [0, 0.1) is 24.2 Å². The Labute approximate surface area is 186 Å². The lowest BCUT2D eigenvalue weighted by Crippen LogP contribution is -2.41. The molecule has 0 unspecified atom stereocenters. The van der Waals surface area contributed by atoms with Crippen LogP contribution in [0.2, 0.25) is 0 Å². The van der Waals surface area contributed by atoms with Gasteiger partial charge in [0.25, 0.3) is 0 Å². The normalized spacial score (nSPS) is 14.6. The largest absolute Gasteiger partial charge is 0.358 e. The van der Waals surface area contributed by atoms with Gasteiger partial charge in [-0.05, 0) is 55.2 Å². The summed E-state index contributed by atoms with van der Waals surface area (Å²) in [6, 6.07) is 16.2. The second kappa shape index (κ2) is 8.31. The Bertz CT molecular complexity index is 1330. The number of hydrogen-bond donors (Lipinski definition) is 1. The number of nitrogens with one attached hydrogen (secondary N) is 1. The van der Waals surface area contributed by atoms with Crippen LogP contribution in [0.3, 0.4) is 0 Å². The van der Waals surface area contributed by atoms with Crippen LogP contribution in [0.25, 0.3) is 16.7 Å². The van der Waals surface area contributed by atoms with Crippen LogP contribution in [0.5, 0.6) is 0 Å². The second-order valence-electron chi connectivity index (χ2n) is 8.27. The Kier molecular flexibility index (Phi) is 5.20. The van der Waals surface area contributed by atoms with Crippen LogP contribution in [-0.4, -0.2) is 33.4 Å². The maximum absolute atomic E-state index is 12.7. The summed E-state index contributed by atoms with van der Waals surface area (Å²) in [5.74, 6) is 1.12. The molecule has 0 atom stereocenters. The van der Waals surface area contributed by atoms with E-state index in [4.69, 9.17) is 4.98 Å². The number of pyridine rings is 2. The van der Waals surface area contributed by atoms with Crippen LogP contribution in [0.4, 0.5) is 5.82 Å². The number of aromatic nitrogens is 3. The molecule has 0 bridgehead atoms. The number of aryl methyl sites for hydroxylation is 1. The number of rotatable bonds is 4. The van der Waals surface area contributed by atoms with Gasteiger partial charge in [0.05, 0.1) is 16.6 Å². The van der Waals surface area contributed by atoms with Crippen molar-refractivity contribution in [1.82, 2.24) is 19.7 Å². The first kappa shape index (κ1) is 20.0. The molecule has 0 radical (unpaired) electrons. The van der Waals surface area contributed by atoms with Crippen LogP contribution >= 0.6 is 0 Å². The molecular formula is C25H24N6O. The zero-order valence-electron chi connectivity index (χ0n) is 18.0. The van der Waals surface area contributed by atoms with Crippen LogP contribution < -0.4 is 10.2 Å². The minimum Gasteiger partial charge on any atom is -0.358 e. The van der Waals surface area contributed by atoms with E-state index in [9.17, 15) is 10.1 Å². The van der Waals surface area contributed by atoms with Crippen LogP contribution in [0.15, 0.2) is 54.9 Å². The predicted octanol–water partition coefficient (Wildman–Crippen LogP) is 3.60. The van der Waals surface area contributed by atoms with Gasteiger partial charge in [-0.3, -0.25) is 14.2 Å². The SMILES string of the molecule is Cc1cc(N2CCC(C(=O)NCc3cccnc3)CC2)n2c(nc3ccccc32)c1C#N. The van der Waals surface area contributed by atoms with Gasteiger partial charge in [-0.1, -0.05) is 18.2 Å². The third kappa shape index (κ3) is 3.54. The molecular weight excluding hydrogens is 400 g/mol. The molecule has 1 aliphatic rings. The third-order valence-electron chi connectivity index (χ3n) is 6.24. The molecule has 0 spiro atoms. The third-order valence-corrected chi connectivity index (χ3v) is 6.24. The number of amides is 1. The standard InChI is InChI=1S/C25H24N6O/c1-17-13-23(31-22-7-3-2-6-21(22)29-24(31)20(17)14-26)30-11-8-19(9-12-30)25(32)28-16-18-5-4-10-27-15-18/h2-7,10,13,15,19H,8-9,11-12,16H2,1H3,(H,28,32). The van der Waals surface area contributed by atoms with Gasteiger partial charge in [-0.2, -0.15) is 5.26 Å². The molecule has 5 rings (SSSR count). The lowest BCUT2D eigenvalue weighted by molar-refractivity contribution is -0.125. The first-order chi connectivity index (χ1) is 15.7. The van der Waals surface area contributed by atoms with E-state index in [0.29, 0.717) is 17.8 Å². The van der Waals surface area contributed by atoms with Gasteiger partial charge >= 0.3 is 0 Å². The highest BCUT2D eigenvalue weighted by atomic mass is 16.1. The summed E-state index contributed by atoms with van der Waals surface area (Å²) in [6.45, 7) is 4.01. The molecule has 7 nitrogen and oxygen atoms in total. The van der Waals surface area contributed by atoms with Crippen molar-refractivity contribution in [2.75, 3.05) is 18.0 Å². The van der Waals surface area contributed by atoms with E-state index in [2.05, 4.69) is 31.7 Å². The van der Waals surface area contributed by atoms with Crippen molar-refractivity contribution in [3.8, 4) is 6.07 Å². The highest BCUT2D eigenvalue weighted by molar-refractivity contribution is 5.85. The van der Waals surface area contributed by atoms with Crippen molar-refractivity contribution in [3.63, 3.8) is 0 Å². The number of nitriles is 1. The number of para-hydroxylation sites is 2. The average molecular weight is 425 g/mol. The first-order valence-corrected chi connectivity index (χ1v) is 10.9. The molecule has 160 valence electrons. The molecule has 1 aliphatic heterocycles. The Balaban J connectivity index is 1.37. The maximum atomic E-state index is 12.7. The van der Waals surface area contributed by atoms with Gasteiger partial charge in [0.2, 0.25) is 5.91 Å². The van der Waals surface area contributed by atoms with E-state index >= 15 is 0 Å².